The Kier molecular flexibility index (Phi) is 19.1. The van der Waals surface area contributed by atoms with E-state index in [1.807, 2.05) is 52.3 Å². The van der Waals surface area contributed by atoms with Gasteiger partial charge in [0.15, 0.2) is 28.2 Å². The number of ketones is 1. The van der Waals surface area contributed by atoms with Crippen molar-refractivity contribution >= 4 is 85.0 Å². The Morgan fingerprint density at radius 2 is 1.70 bits per heavy atom. The summed E-state index contributed by atoms with van der Waals surface area (Å²) in [7, 11) is 0. The van der Waals surface area contributed by atoms with Crippen LogP contribution >= 0.6 is 22.7 Å². The number of aryl methyl sites for hydroxylation is 2. The minimum Gasteiger partial charge on any atom is -0.491 e. The van der Waals surface area contributed by atoms with Crippen LogP contribution < -0.4 is 20.3 Å². The molecule has 1 unspecified atom stereocenters. The number of nitrogens with one attached hydrogen (secondary N) is 2. The summed E-state index contributed by atoms with van der Waals surface area (Å²) in [4.78, 5) is 106. The molecule has 87 heavy (non-hydrogen) atoms. The number of Topliss-reactive ketones (excluding diaryl/α,β-unsaturated/α-hetero) is 1. The summed E-state index contributed by atoms with van der Waals surface area (Å²) < 4.78 is 35.1. The van der Waals surface area contributed by atoms with Crippen LogP contribution in [0.4, 0.5) is 15.2 Å². The Morgan fingerprint density at radius 3 is 2.53 bits per heavy atom. The number of aromatic nitrogens is 5. The summed E-state index contributed by atoms with van der Waals surface area (Å²) in [6.07, 6.45) is 4.52. The first kappa shape index (κ1) is 59.9. The Labute approximate surface area is 507 Å². The number of hydrogen-bond acceptors (Lipinski definition) is 19. The van der Waals surface area contributed by atoms with Gasteiger partial charge in [-0.3, -0.25) is 48.6 Å². The maximum Gasteiger partial charge on any atom is 0.355 e. The Balaban J connectivity index is 0.544. The molecule has 7 heterocycles. The number of nitrogens with zero attached hydrogens (tertiary/aromatic N) is 9. The average Bonchev–Trinajstić information content (AvgIpc) is 1.87. The van der Waals surface area contributed by atoms with Gasteiger partial charge in [-0.05, 0) is 85.7 Å². The lowest BCUT2D eigenvalue weighted by molar-refractivity contribution is -0.136. The van der Waals surface area contributed by atoms with E-state index in [-0.39, 0.29) is 73.3 Å². The first-order valence-corrected chi connectivity index (χ1v) is 30.5. The molecule has 3 aromatic heterocycles. The number of piperazine rings is 1. The van der Waals surface area contributed by atoms with Gasteiger partial charge >= 0.3 is 5.97 Å². The lowest BCUT2D eigenvalue weighted by atomic mass is 9.92. The van der Waals surface area contributed by atoms with Crippen LogP contribution in [0, 0.1) is 17.7 Å². The summed E-state index contributed by atoms with van der Waals surface area (Å²) in [5.74, 6) is 2.36. The molecule has 2 fully saturated rings. The van der Waals surface area contributed by atoms with E-state index in [1.54, 1.807) is 35.1 Å². The minimum atomic E-state index is -1.13. The number of piperidine rings is 1. The smallest absolute Gasteiger partial charge is 0.355 e. The number of para-hydroxylation sites is 1. The molecule has 0 radical (unpaired) electrons. The normalized spacial score (nSPS) is 16.0. The van der Waals surface area contributed by atoms with Gasteiger partial charge in [0.1, 0.15) is 16.7 Å². The van der Waals surface area contributed by atoms with Gasteiger partial charge in [-0.2, -0.15) is 0 Å². The highest BCUT2D eigenvalue weighted by Gasteiger charge is 2.45. The monoisotopic (exact) mass is 1220 g/mol. The van der Waals surface area contributed by atoms with E-state index in [9.17, 15) is 38.7 Å². The zero-order valence-corrected chi connectivity index (χ0v) is 49.1. The molecule has 450 valence electrons. The lowest BCUT2D eigenvalue weighted by Crippen LogP contribution is -2.54. The second-order valence-electron chi connectivity index (χ2n) is 21.3. The Hall–Kier alpha value is -8.80. The van der Waals surface area contributed by atoms with E-state index in [1.165, 1.54) is 34.8 Å². The van der Waals surface area contributed by atoms with Gasteiger partial charge in [0, 0.05) is 86.9 Å². The number of ether oxygens (including phenoxy) is 3. The number of benzene rings is 4. The number of aromatic carboxylic acids is 1. The van der Waals surface area contributed by atoms with Crippen LogP contribution in [0.1, 0.15) is 106 Å². The fourth-order valence-electron chi connectivity index (χ4n) is 10.9. The summed E-state index contributed by atoms with van der Waals surface area (Å²) in [6, 6.07) is 22.0. The third kappa shape index (κ3) is 14.4. The predicted molar refractivity (Wildman–Crippen MR) is 319 cm³/mol. The van der Waals surface area contributed by atoms with E-state index in [2.05, 4.69) is 47.7 Å². The van der Waals surface area contributed by atoms with Crippen molar-refractivity contribution in [3.05, 3.63) is 146 Å². The maximum atomic E-state index is 15.2. The highest BCUT2D eigenvalue weighted by atomic mass is 32.1. The zero-order valence-electron chi connectivity index (χ0n) is 47.5. The van der Waals surface area contributed by atoms with Crippen LogP contribution in [0.25, 0.3) is 10.2 Å². The Bertz CT molecular complexity index is 3800. The second kappa shape index (κ2) is 27.7. The highest BCUT2D eigenvalue weighted by Crippen LogP contribution is 2.35. The van der Waals surface area contributed by atoms with Crippen LogP contribution in [0.5, 0.6) is 5.75 Å². The predicted octanol–water partition coefficient (Wildman–Crippen LogP) is 6.20. The van der Waals surface area contributed by atoms with Crippen molar-refractivity contribution in [1.82, 2.24) is 45.0 Å². The second-order valence-corrected chi connectivity index (χ2v) is 23.4. The summed E-state index contributed by atoms with van der Waals surface area (Å²) >= 11 is 2.83. The number of amides is 5. The molecule has 2 saturated heterocycles. The van der Waals surface area contributed by atoms with Gasteiger partial charge in [0.2, 0.25) is 17.7 Å². The van der Waals surface area contributed by atoms with Gasteiger partial charge in [-0.1, -0.05) is 53.5 Å². The SMILES string of the molecule is O=C1CCC(N2C(=O)c3cccc(NCCOCCOCc4cn(CCCC(=O)N5CCN(CC#Cc6ccc(OCCCc7sc(N8CCc9cccc(C(=O)Cc%10nc%11ccccc%11s%10)c9C8)nc7C(=O)O)c(F)c6)CC5)nn4)c3C2=O)C(=O)N1. The topological polar surface area (TPSA) is 261 Å². The standard InChI is InChI=1S/C62H62FN11O11S2/c63-45-34-39(17-19-50(45)85-30-7-15-52-57(61(81)82)67-62(87-52)72-25-21-40-9-3-10-42(44(40)37-72)49(75)35-54-65-46-12-1-2-14-51(46)86-54)8-5-23-70-26-28-71(29-27-70)55(77)16-6-24-73-36-41(68-69-73)38-84-33-32-83-31-22-64-47-13-4-11-43-56(47)60(80)74(59(43)79)48-18-20-53(76)66-58(48)78/h1-4,9-14,17,19,34,36,48,64H,6-7,15-16,18,20-33,35,37-38H2,(H,81,82)(H,66,76,78). The van der Waals surface area contributed by atoms with Crippen molar-refractivity contribution < 1.29 is 57.3 Å². The first-order chi connectivity index (χ1) is 42.3. The van der Waals surface area contributed by atoms with Crippen molar-refractivity contribution in [2.75, 3.05) is 82.5 Å². The molecule has 0 saturated carbocycles. The molecule has 0 spiro atoms. The van der Waals surface area contributed by atoms with Crippen LogP contribution in [0.2, 0.25) is 0 Å². The third-order valence-corrected chi connectivity index (χ3v) is 17.6. The van der Waals surface area contributed by atoms with Crippen LogP contribution in [0.3, 0.4) is 0 Å². The molecule has 22 nitrogen and oxygen atoms in total. The zero-order chi connectivity index (χ0) is 60.4. The van der Waals surface area contributed by atoms with Crippen molar-refractivity contribution in [3.63, 3.8) is 0 Å². The lowest BCUT2D eigenvalue weighted by Gasteiger charge is -2.33. The average molecular weight is 1220 g/mol. The van der Waals surface area contributed by atoms with E-state index >= 15 is 4.39 Å². The fourth-order valence-corrected chi connectivity index (χ4v) is 13.0. The van der Waals surface area contributed by atoms with Gasteiger partial charge < -0.3 is 34.4 Å². The van der Waals surface area contributed by atoms with Gasteiger partial charge in [-0.15, -0.1) is 27.8 Å². The van der Waals surface area contributed by atoms with Crippen LogP contribution in [-0.2, 0) is 62.8 Å². The molecule has 0 bridgehead atoms. The molecule has 4 aliphatic rings. The molecule has 4 aromatic carbocycles. The van der Waals surface area contributed by atoms with E-state index in [4.69, 9.17) is 14.2 Å². The van der Waals surface area contributed by atoms with Crippen LogP contribution in [-0.4, -0.2) is 164 Å². The molecule has 0 aliphatic carbocycles. The molecule has 1 atom stereocenters. The Morgan fingerprint density at radius 1 is 0.862 bits per heavy atom. The number of carboxylic acid groups (broad SMARTS) is 1. The quantitative estimate of drug-likeness (QED) is 0.0249. The van der Waals surface area contributed by atoms with Crippen LogP contribution in [0.15, 0.2) is 85.1 Å². The number of carboxylic acids is 1. The van der Waals surface area contributed by atoms with E-state index < -0.39 is 41.5 Å². The van der Waals surface area contributed by atoms with Crippen molar-refractivity contribution in [1.29, 1.82) is 0 Å². The minimum absolute atomic E-state index is 0.0131. The fraction of sp³-hybridized carbons (Fsp3) is 0.371. The van der Waals surface area contributed by atoms with Crippen molar-refractivity contribution in [2.24, 2.45) is 0 Å². The summed E-state index contributed by atoms with van der Waals surface area (Å²) in [6.45, 7) is 6.07. The largest absolute Gasteiger partial charge is 0.491 e. The molecule has 11 rings (SSSR count). The maximum absolute atomic E-state index is 15.2. The van der Waals surface area contributed by atoms with Gasteiger partial charge in [-0.25, -0.2) is 19.2 Å². The number of anilines is 2. The first-order valence-electron chi connectivity index (χ1n) is 28.8. The molecule has 3 N–H and O–H groups in total. The van der Waals surface area contributed by atoms with E-state index in [0.29, 0.717) is 137 Å². The summed E-state index contributed by atoms with van der Waals surface area (Å²) in [5.41, 5.74) is 5.46. The number of fused-ring (bicyclic) bond motifs is 3. The number of halogens is 1. The van der Waals surface area contributed by atoms with Crippen molar-refractivity contribution in [3.8, 4) is 17.6 Å². The van der Waals surface area contributed by atoms with Crippen molar-refractivity contribution in [2.45, 2.75) is 77.1 Å². The number of hydrogen-bond donors (Lipinski definition) is 3. The number of thiazole rings is 2. The summed E-state index contributed by atoms with van der Waals surface area (Å²) in [5, 5.41) is 25.1. The molecule has 5 amide bonds. The number of rotatable bonds is 25. The molecule has 25 heteroatoms. The van der Waals surface area contributed by atoms with Gasteiger partial charge in [0.05, 0.1) is 73.5 Å². The molecular formula is C62H62FN11O11S2. The number of imide groups is 2. The molecular weight excluding hydrogens is 1160 g/mol. The molecule has 4 aliphatic heterocycles. The molecule has 7 aromatic rings. The highest BCUT2D eigenvalue weighted by molar-refractivity contribution is 7.18. The number of carbonyl (C=O) groups excluding carboxylic acids is 6. The van der Waals surface area contributed by atoms with Gasteiger partial charge in [0.25, 0.3) is 11.8 Å². The number of carbonyl (C=O) groups is 7. The van der Waals surface area contributed by atoms with E-state index in [0.717, 1.165) is 31.3 Å². The third-order valence-electron chi connectivity index (χ3n) is 15.4.